The van der Waals surface area contributed by atoms with Gasteiger partial charge in [0.25, 0.3) is 0 Å². The second kappa shape index (κ2) is 6.57. The minimum atomic E-state index is 0.498. The van der Waals surface area contributed by atoms with Crippen LogP contribution < -0.4 is 4.74 Å². The van der Waals surface area contributed by atoms with Crippen LogP contribution in [-0.2, 0) is 13.7 Å². The highest BCUT2D eigenvalue weighted by Crippen LogP contribution is 2.27. The fourth-order valence-corrected chi connectivity index (χ4v) is 2.95. The molecule has 2 aromatic carbocycles. The summed E-state index contributed by atoms with van der Waals surface area (Å²) in [6, 6.07) is 17.6. The van der Waals surface area contributed by atoms with Crippen LogP contribution in [0.5, 0.6) is 5.75 Å². The molecule has 0 unspecified atom stereocenters. The van der Waals surface area contributed by atoms with Crippen LogP contribution in [0, 0.1) is 0 Å². The first-order valence-electron chi connectivity index (χ1n) is 7.95. The largest absolute Gasteiger partial charge is 0.489 e. The summed E-state index contributed by atoms with van der Waals surface area (Å²) in [4.78, 5) is 8.78. The van der Waals surface area contributed by atoms with Crippen molar-refractivity contribution in [1.82, 2.24) is 14.5 Å². The van der Waals surface area contributed by atoms with Crippen LogP contribution >= 0.6 is 11.6 Å². The number of imidazole rings is 1. The van der Waals surface area contributed by atoms with Crippen LogP contribution in [0.3, 0.4) is 0 Å². The van der Waals surface area contributed by atoms with Crippen molar-refractivity contribution >= 4 is 22.6 Å². The Morgan fingerprint density at radius 1 is 1.08 bits per heavy atom. The molecule has 2 aromatic heterocycles. The van der Waals surface area contributed by atoms with Crippen LogP contribution in [0.2, 0.25) is 5.02 Å². The summed E-state index contributed by atoms with van der Waals surface area (Å²) in [6.45, 7) is 0.498. The number of fused-ring (bicyclic) bond motifs is 1. The smallest absolute Gasteiger partial charge is 0.140 e. The van der Waals surface area contributed by atoms with Gasteiger partial charge in [-0.25, -0.2) is 4.98 Å². The lowest BCUT2D eigenvalue weighted by Gasteiger charge is -2.07. The molecular weight excluding hydrogens is 334 g/mol. The third-order valence-electron chi connectivity index (χ3n) is 4.08. The van der Waals surface area contributed by atoms with Gasteiger partial charge in [-0.15, -0.1) is 0 Å². The minimum Gasteiger partial charge on any atom is -0.489 e. The van der Waals surface area contributed by atoms with E-state index in [-0.39, 0.29) is 0 Å². The molecule has 0 N–H and O–H groups in total. The molecular formula is C20H16ClN3O. The summed E-state index contributed by atoms with van der Waals surface area (Å²) in [5.74, 6) is 1.71. The Morgan fingerprint density at radius 3 is 2.68 bits per heavy atom. The molecule has 0 saturated heterocycles. The zero-order valence-electron chi connectivity index (χ0n) is 13.7. The molecule has 0 aliphatic carbocycles. The Hall–Kier alpha value is -2.85. The molecule has 0 fully saturated rings. The van der Waals surface area contributed by atoms with Crippen LogP contribution in [0.4, 0.5) is 0 Å². The Morgan fingerprint density at radius 2 is 1.92 bits per heavy atom. The molecule has 4 aromatic rings. The van der Waals surface area contributed by atoms with E-state index in [9.17, 15) is 0 Å². The predicted octanol–water partition coefficient (Wildman–Crippen LogP) is 4.87. The molecule has 4 nitrogen and oxygen atoms in total. The number of pyridine rings is 1. The van der Waals surface area contributed by atoms with Gasteiger partial charge in [-0.2, -0.15) is 0 Å². The summed E-state index contributed by atoms with van der Waals surface area (Å²) in [5.41, 5.74) is 4.01. The Bertz CT molecular complexity index is 1010. The summed E-state index contributed by atoms with van der Waals surface area (Å²) in [7, 11) is 2.01. The van der Waals surface area contributed by atoms with Crippen molar-refractivity contribution in [3.8, 4) is 17.1 Å². The van der Waals surface area contributed by atoms with E-state index in [1.165, 1.54) is 0 Å². The molecule has 25 heavy (non-hydrogen) atoms. The lowest BCUT2D eigenvalue weighted by Crippen LogP contribution is -1.96. The van der Waals surface area contributed by atoms with Crippen LogP contribution in [0.25, 0.3) is 22.4 Å². The average molecular weight is 350 g/mol. The van der Waals surface area contributed by atoms with Crippen molar-refractivity contribution in [2.45, 2.75) is 6.61 Å². The SMILES string of the molecule is Cn1c(-c2ccc(OCc3cccnc3)cc2)nc2cc(Cl)ccc21. The Labute approximate surface area is 150 Å². The van der Waals surface area contributed by atoms with Gasteiger partial charge in [0.05, 0.1) is 11.0 Å². The van der Waals surface area contributed by atoms with Gasteiger partial charge in [0, 0.05) is 35.6 Å². The van der Waals surface area contributed by atoms with Gasteiger partial charge in [-0.05, 0) is 48.5 Å². The monoisotopic (exact) mass is 349 g/mol. The van der Waals surface area contributed by atoms with Gasteiger partial charge in [-0.3, -0.25) is 4.98 Å². The number of hydrogen-bond acceptors (Lipinski definition) is 3. The summed E-state index contributed by atoms with van der Waals surface area (Å²) in [5, 5.41) is 0.691. The van der Waals surface area contributed by atoms with Crippen molar-refractivity contribution in [2.24, 2.45) is 7.05 Å². The van der Waals surface area contributed by atoms with E-state index in [2.05, 4.69) is 9.55 Å². The standard InChI is InChI=1S/C20H16ClN3O/c1-24-19-9-6-16(21)11-18(19)23-20(24)15-4-7-17(8-5-15)25-13-14-3-2-10-22-12-14/h2-12H,13H2,1H3. The molecule has 0 atom stereocenters. The van der Waals surface area contributed by atoms with Gasteiger partial charge < -0.3 is 9.30 Å². The maximum absolute atomic E-state index is 6.06. The first kappa shape index (κ1) is 15.7. The third-order valence-corrected chi connectivity index (χ3v) is 4.32. The normalized spacial score (nSPS) is 11.0. The van der Waals surface area contributed by atoms with Crippen LogP contribution in [0.1, 0.15) is 5.56 Å². The molecule has 0 spiro atoms. The Kier molecular flexibility index (Phi) is 4.12. The quantitative estimate of drug-likeness (QED) is 0.528. The maximum atomic E-state index is 6.06. The molecule has 0 amide bonds. The summed E-state index contributed by atoms with van der Waals surface area (Å²) in [6.07, 6.45) is 3.56. The zero-order valence-corrected chi connectivity index (χ0v) is 14.4. The lowest BCUT2D eigenvalue weighted by molar-refractivity contribution is 0.306. The second-order valence-electron chi connectivity index (χ2n) is 5.80. The highest BCUT2D eigenvalue weighted by molar-refractivity contribution is 6.31. The molecule has 2 heterocycles. The molecule has 4 rings (SSSR count). The van der Waals surface area contributed by atoms with E-state index in [0.717, 1.165) is 33.7 Å². The van der Waals surface area contributed by atoms with E-state index < -0.39 is 0 Å². The molecule has 0 radical (unpaired) electrons. The topological polar surface area (TPSA) is 39.9 Å². The summed E-state index contributed by atoms with van der Waals surface area (Å²) >= 11 is 6.06. The number of hydrogen-bond donors (Lipinski definition) is 0. The van der Waals surface area contributed by atoms with Gasteiger partial charge in [-0.1, -0.05) is 17.7 Å². The number of benzene rings is 2. The van der Waals surface area contributed by atoms with Gasteiger partial charge in [0.2, 0.25) is 0 Å². The van der Waals surface area contributed by atoms with Crippen molar-refractivity contribution in [3.05, 3.63) is 77.6 Å². The van der Waals surface area contributed by atoms with Crippen molar-refractivity contribution in [3.63, 3.8) is 0 Å². The van der Waals surface area contributed by atoms with E-state index in [1.54, 1.807) is 12.4 Å². The highest BCUT2D eigenvalue weighted by Gasteiger charge is 2.10. The number of ether oxygens (including phenoxy) is 1. The number of aromatic nitrogens is 3. The number of rotatable bonds is 4. The number of halogens is 1. The van der Waals surface area contributed by atoms with Gasteiger partial charge in [0.1, 0.15) is 18.2 Å². The number of nitrogens with zero attached hydrogens (tertiary/aromatic N) is 3. The molecule has 5 heteroatoms. The first-order valence-corrected chi connectivity index (χ1v) is 8.32. The molecule has 0 aliphatic rings. The molecule has 0 saturated carbocycles. The highest BCUT2D eigenvalue weighted by atomic mass is 35.5. The van der Waals surface area contributed by atoms with Gasteiger partial charge in [0.15, 0.2) is 0 Å². The summed E-state index contributed by atoms with van der Waals surface area (Å²) < 4.78 is 7.87. The fourth-order valence-electron chi connectivity index (χ4n) is 2.78. The molecule has 124 valence electrons. The molecule has 0 aliphatic heterocycles. The maximum Gasteiger partial charge on any atom is 0.140 e. The fraction of sp³-hybridized carbons (Fsp3) is 0.100. The third kappa shape index (κ3) is 3.21. The minimum absolute atomic E-state index is 0.498. The average Bonchev–Trinajstić information content (AvgIpc) is 2.97. The van der Waals surface area contributed by atoms with E-state index >= 15 is 0 Å². The van der Waals surface area contributed by atoms with E-state index in [1.807, 2.05) is 61.6 Å². The Balaban J connectivity index is 1.57. The lowest BCUT2D eigenvalue weighted by atomic mass is 10.2. The predicted molar refractivity (Wildman–Crippen MR) is 99.7 cm³/mol. The van der Waals surface area contributed by atoms with Crippen LogP contribution in [-0.4, -0.2) is 14.5 Å². The van der Waals surface area contributed by atoms with E-state index in [0.29, 0.717) is 11.6 Å². The first-order chi connectivity index (χ1) is 12.2. The number of aryl methyl sites for hydroxylation is 1. The zero-order chi connectivity index (χ0) is 17.2. The molecule has 0 bridgehead atoms. The van der Waals surface area contributed by atoms with Crippen LogP contribution in [0.15, 0.2) is 67.0 Å². The van der Waals surface area contributed by atoms with Crippen molar-refractivity contribution in [1.29, 1.82) is 0 Å². The second-order valence-corrected chi connectivity index (χ2v) is 6.24. The van der Waals surface area contributed by atoms with E-state index in [4.69, 9.17) is 21.3 Å². The van der Waals surface area contributed by atoms with Crippen molar-refractivity contribution in [2.75, 3.05) is 0 Å². The van der Waals surface area contributed by atoms with Gasteiger partial charge >= 0.3 is 0 Å². The van der Waals surface area contributed by atoms with Crippen molar-refractivity contribution < 1.29 is 4.74 Å².